The number of anilines is 1. The van der Waals surface area contributed by atoms with Crippen molar-refractivity contribution >= 4 is 22.2 Å². The number of para-hydroxylation sites is 1. The van der Waals surface area contributed by atoms with Crippen LogP contribution in [-0.4, -0.2) is 12.0 Å². The molecule has 1 aliphatic rings. The summed E-state index contributed by atoms with van der Waals surface area (Å²) in [6, 6.07) is 47.9. The maximum atomic E-state index is 4.72. The predicted molar refractivity (Wildman–Crippen MR) is 164 cm³/mol. The quantitative estimate of drug-likeness (QED) is 0.240. The van der Waals surface area contributed by atoms with Gasteiger partial charge in [0.15, 0.2) is 0 Å². The summed E-state index contributed by atoms with van der Waals surface area (Å²) in [6.45, 7) is 0. The van der Waals surface area contributed by atoms with Gasteiger partial charge in [-0.2, -0.15) is 0 Å². The summed E-state index contributed by atoms with van der Waals surface area (Å²) in [5.74, 6) is 0. The van der Waals surface area contributed by atoms with Crippen LogP contribution >= 0.6 is 0 Å². The number of pyridine rings is 1. The highest BCUT2D eigenvalue weighted by Crippen LogP contribution is 2.44. The monoisotopic (exact) mass is 500 g/mol. The van der Waals surface area contributed by atoms with Gasteiger partial charge in [-0.1, -0.05) is 109 Å². The molecule has 0 spiro atoms. The Kier molecular flexibility index (Phi) is 5.79. The first-order chi connectivity index (χ1) is 19.3. The van der Waals surface area contributed by atoms with Crippen molar-refractivity contribution in [1.29, 1.82) is 0 Å². The lowest BCUT2D eigenvalue weighted by atomic mass is 9.85. The molecule has 2 heterocycles. The van der Waals surface area contributed by atoms with Gasteiger partial charge in [0.2, 0.25) is 0 Å². The molecular weight excluding hydrogens is 472 g/mol. The first-order valence-corrected chi connectivity index (χ1v) is 13.4. The Morgan fingerprint density at radius 2 is 1.28 bits per heavy atom. The van der Waals surface area contributed by atoms with Crippen LogP contribution in [-0.2, 0) is 0 Å². The molecule has 39 heavy (non-hydrogen) atoms. The van der Waals surface area contributed by atoms with Crippen LogP contribution in [0.5, 0.6) is 0 Å². The van der Waals surface area contributed by atoms with Crippen molar-refractivity contribution < 1.29 is 0 Å². The van der Waals surface area contributed by atoms with E-state index in [1.165, 1.54) is 44.6 Å². The normalized spacial score (nSPS) is 14.6. The highest BCUT2D eigenvalue weighted by molar-refractivity contribution is 5.96. The third-order valence-electron chi connectivity index (χ3n) is 7.77. The van der Waals surface area contributed by atoms with Gasteiger partial charge in [0, 0.05) is 35.4 Å². The van der Waals surface area contributed by atoms with E-state index in [9.17, 15) is 0 Å². The van der Waals surface area contributed by atoms with E-state index in [1.54, 1.807) is 0 Å². The molecule has 0 saturated heterocycles. The van der Waals surface area contributed by atoms with Crippen LogP contribution in [0.3, 0.4) is 0 Å². The van der Waals surface area contributed by atoms with Gasteiger partial charge in [-0.25, -0.2) is 0 Å². The Morgan fingerprint density at radius 3 is 2.13 bits per heavy atom. The average molecular weight is 501 g/mol. The summed E-state index contributed by atoms with van der Waals surface area (Å²) in [5, 5.41) is 1.15. The zero-order valence-electron chi connectivity index (χ0n) is 21.8. The molecule has 1 aliphatic heterocycles. The van der Waals surface area contributed by atoms with E-state index >= 15 is 0 Å². The van der Waals surface area contributed by atoms with Gasteiger partial charge in [0.25, 0.3) is 0 Å². The van der Waals surface area contributed by atoms with Crippen molar-refractivity contribution in [2.45, 2.75) is 6.04 Å². The highest BCUT2D eigenvalue weighted by Gasteiger charge is 2.26. The van der Waals surface area contributed by atoms with Crippen molar-refractivity contribution in [2.75, 3.05) is 11.9 Å². The fraction of sp³-hybridized carbons (Fsp3) is 0.0541. The van der Waals surface area contributed by atoms with E-state index in [4.69, 9.17) is 4.98 Å². The Bertz CT molecular complexity index is 1810. The molecule has 0 radical (unpaired) electrons. The van der Waals surface area contributed by atoms with E-state index in [-0.39, 0.29) is 6.04 Å². The van der Waals surface area contributed by atoms with Crippen LogP contribution in [0.4, 0.5) is 5.69 Å². The van der Waals surface area contributed by atoms with Gasteiger partial charge in [-0.05, 0) is 63.7 Å². The van der Waals surface area contributed by atoms with E-state index in [0.717, 1.165) is 16.5 Å². The van der Waals surface area contributed by atoms with Crippen molar-refractivity contribution in [3.05, 3.63) is 162 Å². The minimum Gasteiger partial charge on any atom is -0.364 e. The number of hydrogen-bond donors (Lipinski definition) is 0. The molecule has 0 fully saturated rings. The number of aromatic nitrogens is 1. The van der Waals surface area contributed by atoms with Crippen LogP contribution in [0, 0.1) is 0 Å². The number of likely N-dealkylation sites (N-methyl/N-ethyl adjacent to an activating group) is 1. The smallest absolute Gasteiger partial charge is 0.0780 e. The largest absolute Gasteiger partial charge is 0.364 e. The Labute approximate surface area is 229 Å². The zero-order valence-corrected chi connectivity index (χ0v) is 21.8. The lowest BCUT2D eigenvalue weighted by Crippen LogP contribution is -2.27. The fourth-order valence-electron chi connectivity index (χ4n) is 5.79. The van der Waals surface area contributed by atoms with Crippen LogP contribution in [0.15, 0.2) is 146 Å². The molecule has 2 nitrogen and oxygen atoms in total. The SMILES string of the molecule is CN1c2ccc(-c3ccccc3)cc2C(c2cccc(-c3cccc4cccnc34)c2)=CC1c1ccccc1. The topological polar surface area (TPSA) is 16.1 Å². The second-order valence-electron chi connectivity index (χ2n) is 10.1. The maximum Gasteiger partial charge on any atom is 0.0780 e. The first-order valence-electron chi connectivity index (χ1n) is 13.4. The van der Waals surface area contributed by atoms with Gasteiger partial charge in [0.1, 0.15) is 0 Å². The Balaban J connectivity index is 1.42. The molecular formula is C37H28N2. The molecule has 2 heteroatoms. The molecule has 1 aromatic heterocycles. The van der Waals surface area contributed by atoms with Crippen LogP contribution in [0.25, 0.3) is 38.7 Å². The number of nitrogens with zero attached hydrogens (tertiary/aromatic N) is 2. The summed E-state index contributed by atoms with van der Waals surface area (Å²) >= 11 is 0. The minimum atomic E-state index is 0.138. The van der Waals surface area contributed by atoms with Gasteiger partial charge in [-0.3, -0.25) is 4.98 Å². The second kappa shape index (κ2) is 9.74. The van der Waals surface area contributed by atoms with Gasteiger partial charge >= 0.3 is 0 Å². The predicted octanol–water partition coefficient (Wildman–Crippen LogP) is 9.19. The van der Waals surface area contributed by atoms with E-state index < -0.39 is 0 Å². The average Bonchev–Trinajstić information content (AvgIpc) is 3.02. The van der Waals surface area contributed by atoms with Crippen LogP contribution in [0.1, 0.15) is 22.7 Å². The lowest BCUT2D eigenvalue weighted by Gasteiger charge is -2.36. The lowest BCUT2D eigenvalue weighted by molar-refractivity contribution is 0.801. The number of hydrogen-bond acceptors (Lipinski definition) is 2. The molecule has 0 bridgehead atoms. The number of fused-ring (bicyclic) bond motifs is 2. The summed E-state index contributed by atoms with van der Waals surface area (Å²) in [4.78, 5) is 7.11. The van der Waals surface area contributed by atoms with Crippen LogP contribution in [0.2, 0.25) is 0 Å². The molecule has 0 amide bonds. The molecule has 1 unspecified atom stereocenters. The third-order valence-corrected chi connectivity index (χ3v) is 7.77. The van der Waals surface area contributed by atoms with E-state index in [2.05, 4.69) is 145 Å². The minimum absolute atomic E-state index is 0.138. The fourth-order valence-corrected chi connectivity index (χ4v) is 5.79. The maximum absolute atomic E-state index is 4.72. The summed E-state index contributed by atoms with van der Waals surface area (Å²) in [5.41, 5.74) is 12.0. The first kappa shape index (κ1) is 23.2. The molecule has 0 aliphatic carbocycles. The van der Waals surface area contributed by atoms with Gasteiger partial charge in [0.05, 0.1) is 11.6 Å². The summed E-state index contributed by atoms with van der Waals surface area (Å²) in [7, 11) is 2.20. The summed E-state index contributed by atoms with van der Waals surface area (Å²) < 4.78 is 0. The summed E-state index contributed by atoms with van der Waals surface area (Å²) in [6.07, 6.45) is 4.30. The van der Waals surface area contributed by atoms with Crippen molar-refractivity contribution in [2.24, 2.45) is 0 Å². The molecule has 5 aromatic carbocycles. The molecule has 1 atom stereocenters. The molecule has 0 N–H and O–H groups in total. The van der Waals surface area contributed by atoms with Gasteiger partial charge in [-0.15, -0.1) is 0 Å². The third kappa shape index (κ3) is 4.20. The number of benzene rings is 5. The molecule has 0 saturated carbocycles. The van der Waals surface area contributed by atoms with Crippen LogP contribution < -0.4 is 4.90 Å². The highest BCUT2D eigenvalue weighted by atomic mass is 15.1. The Morgan fingerprint density at radius 1 is 0.564 bits per heavy atom. The molecule has 7 rings (SSSR count). The van der Waals surface area contributed by atoms with Gasteiger partial charge < -0.3 is 4.90 Å². The molecule has 6 aromatic rings. The Hall–Kier alpha value is -4.95. The van der Waals surface area contributed by atoms with Crippen molar-refractivity contribution in [3.8, 4) is 22.3 Å². The second-order valence-corrected chi connectivity index (χ2v) is 10.1. The van der Waals surface area contributed by atoms with Crippen molar-refractivity contribution in [3.63, 3.8) is 0 Å². The van der Waals surface area contributed by atoms with E-state index in [0.29, 0.717) is 0 Å². The standard InChI is InChI=1S/C37H28N2/c1-39-35-21-20-29(26-11-4-2-5-12-26)24-34(35)33(25-36(39)27-13-6-3-7-14-27)31-17-8-16-30(23-31)32-19-9-15-28-18-10-22-38-37(28)32/h2-25,36H,1H3. The number of rotatable bonds is 4. The zero-order chi connectivity index (χ0) is 26.2. The van der Waals surface area contributed by atoms with E-state index in [1.807, 2.05) is 12.3 Å². The van der Waals surface area contributed by atoms with Crippen molar-refractivity contribution in [1.82, 2.24) is 4.98 Å². The molecule has 186 valence electrons.